The third kappa shape index (κ3) is 5.70. The van der Waals surface area contributed by atoms with E-state index in [0.29, 0.717) is 34.4 Å². The molecule has 188 valence electrons. The Bertz CT molecular complexity index is 1200. The summed E-state index contributed by atoms with van der Waals surface area (Å²) in [5.74, 6) is 2.67. The molecule has 0 amide bonds. The molecule has 3 aromatic rings. The van der Waals surface area contributed by atoms with E-state index >= 15 is 0 Å². The van der Waals surface area contributed by atoms with Crippen molar-refractivity contribution in [3.05, 3.63) is 41.3 Å². The predicted octanol–water partition coefficient (Wildman–Crippen LogP) is 3.47. The quantitative estimate of drug-likeness (QED) is 0.193. The van der Waals surface area contributed by atoms with Gasteiger partial charge in [-0.05, 0) is 71.0 Å². The molecule has 0 bridgehead atoms. The average molecular weight is 505 g/mol. The van der Waals surface area contributed by atoms with Crippen LogP contribution in [0.5, 0.6) is 0 Å². The zero-order valence-electron chi connectivity index (χ0n) is 20.9. The van der Waals surface area contributed by atoms with Crippen molar-refractivity contribution in [2.45, 2.75) is 63.8 Å². The second kappa shape index (κ2) is 11.0. The van der Waals surface area contributed by atoms with E-state index in [-0.39, 0.29) is 23.0 Å². The van der Waals surface area contributed by atoms with Gasteiger partial charge in [-0.25, -0.2) is 32.4 Å². The number of nitrogens with zero attached hydrogens (tertiary/aromatic N) is 5. The van der Waals surface area contributed by atoms with Crippen LogP contribution in [0.4, 0.5) is 11.6 Å². The summed E-state index contributed by atoms with van der Waals surface area (Å²) >= 11 is 3.03. The van der Waals surface area contributed by atoms with Crippen LogP contribution in [0.1, 0.15) is 80.9 Å². The van der Waals surface area contributed by atoms with E-state index in [2.05, 4.69) is 45.4 Å². The molecule has 12 heteroatoms. The Balaban J connectivity index is 0.00000148. The standard InChI is InChI=1S/C24H31N9O.BHS/c1-24(2,3)32-23-16(21(26)30-12-31-23)18(25)19-17(20(34-33-19)14-4-5-14)22-28-10-15(11-29-22)13-6-8-27-9-7-13;1-2/h10-14,25,27H,4-9H2,1-3H3,(H3,26,30,31,32);2H. The lowest BCUT2D eigenvalue weighted by molar-refractivity contribution is 0.384. The fourth-order valence-electron chi connectivity index (χ4n) is 4.36. The van der Waals surface area contributed by atoms with Crippen LogP contribution in [0.3, 0.4) is 0 Å². The lowest BCUT2D eigenvalue weighted by Crippen LogP contribution is -2.28. The van der Waals surface area contributed by atoms with Gasteiger partial charge in [0.05, 0.1) is 16.8 Å². The highest BCUT2D eigenvalue weighted by molar-refractivity contribution is 8.03. The summed E-state index contributed by atoms with van der Waals surface area (Å²) in [6, 6.07) is 0. The van der Waals surface area contributed by atoms with Crippen LogP contribution in [0.2, 0.25) is 0 Å². The highest BCUT2D eigenvalue weighted by atomic mass is 32.1. The van der Waals surface area contributed by atoms with Crippen LogP contribution in [0.15, 0.2) is 23.2 Å². The zero-order valence-corrected chi connectivity index (χ0v) is 21.8. The van der Waals surface area contributed by atoms with Gasteiger partial charge in [-0.3, -0.25) is 5.41 Å². The molecule has 2 fully saturated rings. The van der Waals surface area contributed by atoms with Crippen LogP contribution < -0.4 is 16.4 Å². The van der Waals surface area contributed by atoms with Gasteiger partial charge in [0.15, 0.2) is 18.7 Å². The maximum absolute atomic E-state index is 9.04. The van der Waals surface area contributed by atoms with E-state index in [9.17, 15) is 0 Å². The Morgan fingerprint density at radius 3 is 2.36 bits per heavy atom. The summed E-state index contributed by atoms with van der Waals surface area (Å²) < 4.78 is 5.76. The van der Waals surface area contributed by atoms with Crippen LogP contribution in [-0.4, -0.2) is 56.6 Å². The molecule has 1 saturated heterocycles. The molecule has 1 saturated carbocycles. The molecule has 1 aliphatic carbocycles. The molecule has 2 aliphatic rings. The van der Waals surface area contributed by atoms with Crippen molar-refractivity contribution in [1.82, 2.24) is 30.4 Å². The Morgan fingerprint density at radius 1 is 1.08 bits per heavy atom. The molecule has 0 atom stereocenters. The highest BCUT2D eigenvalue weighted by Gasteiger charge is 2.36. The van der Waals surface area contributed by atoms with Gasteiger partial charge in [-0.2, -0.15) is 0 Å². The maximum atomic E-state index is 9.04. The summed E-state index contributed by atoms with van der Waals surface area (Å²) in [4.78, 5) is 17.9. The van der Waals surface area contributed by atoms with Gasteiger partial charge >= 0.3 is 0 Å². The first-order valence-corrected chi connectivity index (χ1v) is 12.6. The van der Waals surface area contributed by atoms with Gasteiger partial charge in [-0.15, -0.1) is 0 Å². The first kappa shape index (κ1) is 26.1. The molecule has 0 spiro atoms. The number of rotatable bonds is 6. The van der Waals surface area contributed by atoms with Crippen molar-refractivity contribution in [2.75, 3.05) is 24.1 Å². The van der Waals surface area contributed by atoms with E-state index in [1.807, 2.05) is 33.2 Å². The molecule has 2 radical (unpaired) electrons. The Morgan fingerprint density at radius 2 is 1.75 bits per heavy atom. The third-order valence-electron chi connectivity index (χ3n) is 6.23. The normalized spacial score (nSPS) is 16.2. The molecule has 36 heavy (non-hydrogen) atoms. The monoisotopic (exact) mass is 505 g/mol. The SMILES string of the molecule is CC(C)(C)Nc1ncnc(N)c1C(=N)c1noc(C2CC2)c1-c1ncc(C2CCNCC2)cn1.[B]S. The molecule has 1 aliphatic heterocycles. The van der Waals surface area contributed by atoms with Gasteiger partial charge in [0.25, 0.3) is 0 Å². The number of anilines is 2. The number of hydrogen-bond acceptors (Lipinski definition) is 11. The Hall–Kier alpha value is -2.99. The first-order chi connectivity index (χ1) is 17.3. The van der Waals surface area contributed by atoms with Crippen LogP contribution in [0, 0.1) is 5.41 Å². The van der Waals surface area contributed by atoms with Crippen LogP contribution in [0.25, 0.3) is 11.4 Å². The largest absolute Gasteiger partial charge is 0.383 e. The maximum Gasteiger partial charge on any atom is 0.165 e. The van der Waals surface area contributed by atoms with Crippen molar-refractivity contribution in [3.63, 3.8) is 0 Å². The number of nitrogens with one attached hydrogen (secondary N) is 3. The molecule has 10 nitrogen and oxygen atoms in total. The smallest absolute Gasteiger partial charge is 0.165 e. The number of nitrogen functional groups attached to an aromatic ring is 1. The molecular weight excluding hydrogens is 473 g/mol. The van der Waals surface area contributed by atoms with Gasteiger partial charge in [0, 0.05) is 23.9 Å². The minimum absolute atomic E-state index is 0.0848. The number of piperidine rings is 1. The van der Waals surface area contributed by atoms with E-state index in [1.54, 1.807) is 0 Å². The lowest BCUT2D eigenvalue weighted by atomic mass is 9.92. The third-order valence-corrected chi connectivity index (χ3v) is 6.23. The van der Waals surface area contributed by atoms with Gasteiger partial charge in [-0.1, -0.05) is 5.16 Å². The number of thiol groups is 1. The molecule has 0 unspecified atom stereocenters. The van der Waals surface area contributed by atoms with E-state index in [0.717, 1.165) is 50.1 Å². The number of aromatic nitrogens is 5. The zero-order chi connectivity index (χ0) is 25.9. The molecule has 4 heterocycles. The van der Waals surface area contributed by atoms with Gasteiger partial charge < -0.3 is 20.9 Å². The molecule has 5 N–H and O–H groups in total. The van der Waals surface area contributed by atoms with Crippen molar-refractivity contribution >= 4 is 37.0 Å². The van der Waals surface area contributed by atoms with Gasteiger partial charge in [0.1, 0.15) is 23.7 Å². The van der Waals surface area contributed by atoms with E-state index in [1.165, 1.54) is 6.33 Å². The second-order valence-electron chi connectivity index (χ2n) is 10.1. The fourth-order valence-corrected chi connectivity index (χ4v) is 4.36. The molecular formula is C24H32BN9OS. The number of nitrogens with two attached hydrogens (primary N) is 1. The summed E-state index contributed by atoms with van der Waals surface area (Å²) in [6.45, 7) is 8.07. The minimum Gasteiger partial charge on any atom is -0.383 e. The van der Waals surface area contributed by atoms with E-state index in [4.69, 9.17) is 25.6 Å². The first-order valence-electron chi connectivity index (χ1n) is 12.1. The lowest BCUT2D eigenvalue weighted by Gasteiger charge is -2.23. The highest BCUT2D eigenvalue weighted by Crippen LogP contribution is 2.45. The summed E-state index contributed by atoms with van der Waals surface area (Å²) in [7, 11) is 4.19. The summed E-state index contributed by atoms with van der Waals surface area (Å²) in [5, 5.41) is 20.0. The van der Waals surface area contributed by atoms with E-state index < -0.39 is 0 Å². The molecule has 0 aromatic carbocycles. The van der Waals surface area contributed by atoms with Crippen molar-refractivity contribution < 1.29 is 4.52 Å². The minimum atomic E-state index is -0.283. The van der Waals surface area contributed by atoms with Crippen molar-refractivity contribution in [1.29, 1.82) is 5.41 Å². The molecule has 5 rings (SSSR count). The predicted molar refractivity (Wildman–Crippen MR) is 145 cm³/mol. The average Bonchev–Trinajstić information content (AvgIpc) is 3.62. The second-order valence-corrected chi connectivity index (χ2v) is 10.1. The van der Waals surface area contributed by atoms with Crippen LogP contribution >= 0.6 is 12.5 Å². The number of hydrogen-bond donors (Lipinski definition) is 5. The molecule has 3 aromatic heterocycles. The Labute approximate surface area is 217 Å². The Kier molecular flexibility index (Phi) is 7.94. The van der Waals surface area contributed by atoms with Crippen molar-refractivity contribution in [3.8, 4) is 11.4 Å². The van der Waals surface area contributed by atoms with Crippen molar-refractivity contribution in [2.24, 2.45) is 0 Å². The van der Waals surface area contributed by atoms with Gasteiger partial charge in [0.2, 0.25) is 0 Å². The fraction of sp³-hybridized carbons (Fsp3) is 0.500. The summed E-state index contributed by atoms with van der Waals surface area (Å²) in [5.41, 5.74) is 8.57. The van der Waals surface area contributed by atoms with Crippen LogP contribution in [-0.2, 0) is 0 Å². The summed E-state index contributed by atoms with van der Waals surface area (Å²) in [6.07, 6.45) is 9.41. The topological polar surface area (TPSA) is 152 Å².